The van der Waals surface area contributed by atoms with Gasteiger partial charge in [-0.25, -0.2) is 4.98 Å². The Morgan fingerprint density at radius 1 is 1.50 bits per heavy atom. The summed E-state index contributed by atoms with van der Waals surface area (Å²) in [6.07, 6.45) is 0.788. The Morgan fingerprint density at radius 2 is 2.29 bits per heavy atom. The Morgan fingerprint density at radius 3 is 2.93 bits per heavy atom. The normalized spacial score (nSPS) is 12.6. The number of H-pyrrole nitrogens is 1. The van der Waals surface area contributed by atoms with Crippen molar-refractivity contribution in [3.8, 4) is 6.07 Å². The van der Waals surface area contributed by atoms with Gasteiger partial charge in [0.2, 0.25) is 0 Å². The zero-order valence-corrected chi connectivity index (χ0v) is 7.99. The second-order valence-corrected chi connectivity index (χ2v) is 3.23. The zero-order valence-electron chi connectivity index (χ0n) is 7.99. The van der Waals surface area contributed by atoms with E-state index in [9.17, 15) is 0 Å². The summed E-state index contributed by atoms with van der Waals surface area (Å²) in [4.78, 5) is 7.54. The Kier molecular flexibility index (Phi) is 2.19. The maximum absolute atomic E-state index is 8.89. The van der Waals surface area contributed by atoms with Gasteiger partial charge < -0.3 is 4.98 Å². The molecule has 0 aliphatic heterocycles. The number of nitriles is 1. The number of fused-ring (bicyclic) bond motifs is 1. The third-order valence-electron chi connectivity index (χ3n) is 2.30. The van der Waals surface area contributed by atoms with Gasteiger partial charge in [-0.05, 0) is 18.6 Å². The van der Waals surface area contributed by atoms with Gasteiger partial charge in [-0.2, -0.15) is 5.26 Å². The molecule has 1 N–H and O–H groups in total. The number of aromatic amines is 1. The highest BCUT2D eigenvalue weighted by Gasteiger charge is 2.12. The monoisotopic (exact) mass is 185 g/mol. The van der Waals surface area contributed by atoms with Gasteiger partial charge in [0.25, 0.3) is 0 Å². The molecule has 3 heteroatoms. The Hall–Kier alpha value is -1.82. The molecule has 70 valence electrons. The molecule has 0 fully saturated rings. The standard InChI is InChI=1S/C11H11N3/c1-2-8(7-12)11-13-9-5-3-4-6-10(9)14-11/h3-6,8H,2H2,1H3,(H,13,14). The lowest BCUT2D eigenvalue weighted by Gasteiger charge is -1.98. The van der Waals surface area contributed by atoms with Gasteiger partial charge in [-0.3, -0.25) is 0 Å². The second-order valence-electron chi connectivity index (χ2n) is 3.23. The molecule has 0 radical (unpaired) electrons. The molecule has 0 spiro atoms. The first-order valence-electron chi connectivity index (χ1n) is 4.69. The number of aromatic nitrogens is 2. The molecule has 0 saturated carbocycles. The fraction of sp³-hybridized carbons (Fsp3) is 0.273. The van der Waals surface area contributed by atoms with Crippen LogP contribution in [0.2, 0.25) is 0 Å². The summed E-state index contributed by atoms with van der Waals surface area (Å²) < 4.78 is 0. The maximum Gasteiger partial charge on any atom is 0.124 e. The summed E-state index contributed by atoms with van der Waals surface area (Å²) in [6, 6.07) is 10.0. The molecule has 0 bridgehead atoms. The van der Waals surface area contributed by atoms with Crippen LogP contribution in [0.3, 0.4) is 0 Å². The van der Waals surface area contributed by atoms with Gasteiger partial charge >= 0.3 is 0 Å². The minimum atomic E-state index is -0.123. The van der Waals surface area contributed by atoms with Crippen molar-refractivity contribution in [1.29, 1.82) is 5.26 Å². The van der Waals surface area contributed by atoms with Crippen LogP contribution in [-0.4, -0.2) is 9.97 Å². The third kappa shape index (κ3) is 1.35. The third-order valence-corrected chi connectivity index (χ3v) is 2.30. The molecule has 14 heavy (non-hydrogen) atoms. The van der Waals surface area contributed by atoms with Crippen molar-refractivity contribution in [1.82, 2.24) is 9.97 Å². The van der Waals surface area contributed by atoms with E-state index < -0.39 is 0 Å². The van der Waals surface area contributed by atoms with Gasteiger partial charge in [0.15, 0.2) is 0 Å². The second kappa shape index (κ2) is 3.51. The number of hydrogen-bond acceptors (Lipinski definition) is 2. The lowest BCUT2D eigenvalue weighted by molar-refractivity contribution is 0.769. The van der Waals surface area contributed by atoms with Crippen molar-refractivity contribution in [2.45, 2.75) is 19.3 Å². The molecule has 0 saturated heterocycles. The maximum atomic E-state index is 8.89. The van der Waals surface area contributed by atoms with Crippen molar-refractivity contribution in [3.63, 3.8) is 0 Å². The van der Waals surface area contributed by atoms with Crippen molar-refractivity contribution in [2.24, 2.45) is 0 Å². The number of para-hydroxylation sites is 2. The van der Waals surface area contributed by atoms with Gasteiger partial charge in [0.05, 0.1) is 17.1 Å². The molecule has 1 unspecified atom stereocenters. The van der Waals surface area contributed by atoms with E-state index in [-0.39, 0.29) is 5.92 Å². The topological polar surface area (TPSA) is 52.5 Å². The minimum absolute atomic E-state index is 0.123. The fourth-order valence-corrected chi connectivity index (χ4v) is 1.48. The Labute approximate surface area is 82.4 Å². The van der Waals surface area contributed by atoms with Crippen LogP contribution < -0.4 is 0 Å². The molecule has 0 amide bonds. The first kappa shape index (κ1) is 8.76. The quantitative estimate of drug-likeness (QED) is 0.781. The molecule has 2 rings (SSSR count). The van der Waals surface area contributed by atoms with Crippen molar-refractivity contribution < 1.29 is 0 Å². The molecule has 3 nitrogen and oxygen atoms in total. The lowest BCUT2D eigenvalue weighted by atomic mass is 10.1. The van der Waals surface area contributed by atoms with Crippen LogP contribution in [0, 0.1) is 11.3 Å². The number of hydrogen-bond donors (Lipinski definition) is 1. The molecular formula is C11H11N3. The molecule has 0 aliphatic rings. The molecule has 1 heterocycles. The predicted octanol–water partition coefficient (Wildman–Crippen LogP) is 2.58. The molecule has 2 aromatic rings. The van der Waals surface area contributed by atoms with Crippen molar-refractivity contribution >= 4 is 11.0 Å². The van der Waals surface area contributed by atoms with Crippen molar-refractivity contribution in [2.75, 3.05) is 0 Å². The lowest BCUT2D eigenvalue weighted by Crippen LogP contribution is -1.95. The van der Waals surface area contributed by atoms with Crippen LogP contribution >= 0.6 is 0 Å². The van der Waals surface area contributed by atoms with E-state index >= 15 is 0 Å². The summed E-state index contributed by atoms with van der Waals surface area (Å²) in [5, 5.41) is 8.89. The fourth-order valence-electron chi connectivity index (χ4n) is 1.48. The van der Waals surface area contributed by atoms with E-state index in [1.807, 2.05) is 31.2 Å². The highest BCUT2D eigenvalue weighted by atomic mass is 14.9. The molecule has 1 aromatic heterocycles. The number of nitrogens with one attached hydrogen (secondary N) is 1. The number of benzene rings is 1. The zero-order chi connectivity index (χ0) is 9.97. The van der Waals surface area contributed by atoms with Gasteiger partial charge in [0, 0.05) is 0 Å². The SMILES string of the molecule is CCC(C#N)c1nc2ccccc2[nH]1. The Bertz CT molecular complexity index is 445. The molecular weight excluding hydrogens is 174 g/mol. The van der Waals surface area contributed by atoms with E-state index in [1.165, 1.54) is 0 Å². The summed E-state index contributed by atoms with van der Waals surface area (Å²) in [5.74, 6) is 0.651. The average Bonchev–Trinajstić information content (AvgIpc) is 2.63. The Balaban J connectivity index is 2.50. The highest BCUT2D eigenvalue weighted by Crippen LogP contribution is 2.19. The predicted molar refractivity (Wildman–Crippen MR) is 54.7 cm³/mol. The summed E-state index contributed by atoms with van der Waals surface area (Å²) in [6.45, 7) is 1.99. The highest BCUT2D eigenvalue weighted by molar-refractivity contribution is 5.74. The largest absolute Gasteiger partial charge is 0.341 e. The minimum Gasteiger partial charge on any atom is -0.341 e. The van der Waals surface area contributed by atoms with Crippen LogP contribution in [0.25, 0.3) is 11.0 Å². The smallest absolute Gasteiger partial charge is 0.124 e. The first-order valence-corrected chi connectivity index (χ1v) is 4.69. The molecule has 1 atom stereocenters. The van der Waals surface area contributed by atoms with E-state index in [0.29, 0.717) is 0 Å². The number of nitrogens with zero attached hydrogens (tertiary/aromatic N) is 2. The summed E-state index contributed by atoms with van der Waals surface area (Å²) in [5.41, 5.74) is 1.92. The average molecular weight is 185 g/mol. The van der Waals surface area contributed by atoms with E-state index in [2.05, 4.69) is 16.0 Å². The van der Waals surface area contributed by atoms with Crippen LogP contribution in [-0.2, 0) is 0 Å². The van der Waals surface area contributed by atoms with Gasteiger partial charge in [-0.1, -0.05) is 19.1 Å². The van der Waals surface area contributed by atoms with Crippen LogP contribution in [0.1, 0.15) is 25.1 Å². The number of imidazole rings is 1. The van der Waals surface area contributed by atoms with Gasteiger partial charge in [-0.15, -0.1) is 0 Å². The van der Waals surface area contributed by atoms with E-state index in [0.717, 1.165) is 23.3 Å². The van der Waals surface area contributed by atoms with Crippen LogP contribution in [0.5, 0.6) is 0 Å². The molecule has 1 aromatic carbocycles. The van der Waals surface area contributed by atoms with Crippen LogP contribution in [0.4, 0.5) is 0 Å². The van der Waals surface area contributed by atoms with E-state index in [1.54, 1.807) is 0 Å². The van der Waals surface area contributed by atoms with E-state index in [4.69, 9.17) is 5.26 Å². The number of rotatable bonds is 2. The van der Waals surface area contributed by atoms with Crippen LogP contribution in [0.15, 0.2) is 24.3 Å². The summed E-state index contributed by atoms with van der Waals surface area (Å²) >= 11 is 0. The molecule has 0 aliphatic carbocycles. The van der Waals surface area contributed by atoms with Crippen molar-refractivity contribution in [3.05, 3.63) is 30.1 Å². The summed E-state index contributed by atoms with van der Waals surface area (Å²) in [7, 11) is 0. The van der Waals surface area contributed by atoms with Gasteiger partial charge in [0.1, 0.15) is 11.7 Å². The first-order chi connectivity index (χ1) is 6.85.